The monoisotopic (exact) mass is 295 g/mol. The van der Waals surface area contributed by atoms with Crippen LogP contribution in [0.15, 0.2) is 0 Å². The quantitative estimate of drug-likeness (QED) is 0.837. The Morgan fingerprint density at radius 1 is 1.24 bits per heavy atom. The number of likely N-dealkylation sites (tertiary alicyclic amines) is 1. The molecule has 122 valence electrons. The molecular formula is C17H33N3O. The molecule has 0 aromatic carbocycles. The third-order valence-corrected chi connectivity index (χ3v) is 6.20. The smallest absolute Gasteiger partial charge is 0.223 e. The van der Waals surface area contributed by atoms with Gasteiger partial charge in [0.05, 0.1) is 0 Å². The molecule has 0 aromatic rings. The van der Waals surface area contributed by atoms with E-state index in [4.69, 9.17) is 5.73 Å². The molecule has 2 fully saturated rings. The van der Waals surface area contributed by atoms with E-state index in [2.05, 4.69) is 37.9 Å². The van der Waals surface area contributed by atoms with Gasteiger partial charge in [0.25, 0.3) is 0 Å². The molecular weight excluding hydrogens is 262 g/mol. The van der Waals surface area contributed by atoms with Crippen molar-refractivity contribution in [1.29, 1.82) is 0 Å². The van der Waals surface area contributed by atoms with Crippen molar-refractivity contribution in [3.8, 4) is 0 Å². The maximum absolute atomic E-state index is 12.7. The lowest BCUT2D eigenvalue weighted by atomic mass is 9.61. The number of amides is 1. The van der Waals surface area contributed by atoms with Gasteiger partial charge in [-0.05, 0) is 43.6 Å². The van der Waals surface area contributed by atoms with Crippen LogP contribution in [0.2, 0.25) is 0 Å². The van der Waals surface area contributed by atoms with Crippen LogP contribution in [0.25, 0.3) is 0 Å². The second-order valence-corrected chi connectivity index (χ2v) is 7.62. The van der Waals surface area contributed by atoms with Gasteiger partial charge in [-0.3, -0.25) is 4.79 Å². The molecule has 1 aliphatic heterocycles. The van der Waals surface area contributed by atoms with E-state index in [9.17, 15) is 4.79 Å². The van der Waals surface area contributed by atoms with E-state index in [1.807, 2.05) is 0 Å². The summed E-state index contributed by atoms with van der Waals surface area (Å²) < 4.78 is 0. The maximum Gasteiger partial charge on any atom is 0.223 e. The van der Waals surface area contributed by atoms with Crippen LogP contribution in [0.5, 0.6) is 0 Å². The predicted molar refractivity (Wildman–Crippen MR) is 86.9 cm³/mol. The highest BCUT2D eigenvalue weighted by Gasteiger charge is 2.45. The van der Waals surface area contributed by atoms with Gasteiger partial charge in [-0.15, -0.1) is 0 Å². The molecule has 3 unspecified atom stereocenters. The van der Waals surface area contributed by atoms with Gasteiger partial charge in [0.1, 0.15) is 0 Å². The molecule has 1 saturated heterocycles. The van der Waals surface area contributed by atoms with E-state index in [1.54, 1.807) is 0 Å². The SMILES string of the molecule is CCN1CCC(NC(=O)C2CCC(N)C(C)C2(C)C)CC1. The fourth-order valence-corrected chi connectivity index (χ4v) is 4.01. The summed E-state index contributed by atoms with van der Waals surface area (Å²) >= 11 is 0. The summed E-state index contributed by atoms with van der Waals surface area (Å²) in [6, 6.07) is 0.596. The summed E-state index contributed by atoms with van der Waals surface area (Å²) in [6.07, 6.45) is 4.07. The predicted octanol–water partition coefficient (Wildman–Crippen LogP) is 1.99. The van der Waals surface area contributed by atoms with Crippen molar-refractivity contribution >= 4 is 5.91 Å². The Morgan fingerprint density at radius 3 is 2.43 bits per heavy atom. The molecule has 3 atom stereocenters. The van der Waals surface area contributed by atoms with E-state index in [1.165, 1.54) is 0 Å². The molecule has 1 heterocycles. The molecule has 4 nitrogen and oxygen atoms in total. The Morgan fingerprint density at radius 2 is 1.86 bits per heavy atom. The van der Waals surface area contributed by atoms with Crippen LogP contribution >= 0.6 is 0 Å². The fraction of sp³-hybridized carbons (Fsp3) is 0.941. The van der Waals surface area contributed by atoms with Crippen LogP contribution in [0.1, 0.15) is 53.4 Å². The highest BCUT2D eigenvalue weighted by atomic mass is 16.2. The normalized spacial score (nSPS) is 34.6. The number of nitrogens with one attached hydrogen (secondary N) is 1. The van der Waals surface area contributed by atoms with Gasteiger partial charge in [0.15, 0.2) is 0 Å². The van der Waals surface area contributed by atoms with Crippen LogP contribution < -0.4 is 11.1 Å². The first-order valence-corrected chi connectivity index (χ1v) is 8.64. The van der Waals surface area contributed by atoms with Crippen molar-refractivity contribution in [2.75, 3.05) is 19.6 Å². The lowest BCUT2D eigenvalue weighted by molar-refractivity contribution is -0.133. The number of carbonyl (C=O) groups is 1. The largest absolute Gasteiger partial charge is 0.353 e. The Kier molecular flexibility index (Phi) is 5.31. The zero-order valence-electron chi connectivity index (χ0n) is 14.2. The van der Waals surface area contributed by atoms with Crippen molar-refractivity contribution in [1.82, 2.24) is 10.2 Å². The van der Waals surface area contributed by atoms with Crippen LogP contribution in [0.4, 0.5) is 0 Å². The van der Waals surface area contributed by atoms with Crippen LogP contribution in [0, 0.1) is 17.3 Å². The van der Waals surface area contributed by atoms with E-state index in [0.717, 1.165) is 45.3 Å². The number of hydrogen-bond acceptors (Lipinski definition) is 3. The number of piperidine rings is 1. The van der Waals surface area contributed by atoms with Crippen molar-refractivity contribution < 1.29 is 4.79 Å². The average Bonchev–Trinajstić information content (AvgIpc) is 2.45. The van der Waals surface area contributed by atoms with Crippen molar-refractivity contribution in [3.05, 3.63) is 0 Å². The van der Waals surface area contributed by atoms with Gasteiger partial charge in [0.2, 0.25) is 5.91 Å². The minimum atomic E-state index is -0.00806. The van der Waals surface area contributed by atoms with E-state index >= 15 is 0 Å². The third-order valence-electron chi connectivity index (χ3n) is 6.20. The van der Waals surface area contributed by atoms with E-state index < -0.39 is 0 Å². The van der Waals surface area contributed by atoms with Gasteiger partial charge >= 0.3 is 0 Å². The summed E-state index contributed by atoms with van der Waals surface area (Å²) in [7, 11) is 0. The number of nitrogens with zero attached hydrogens (tertiary/aromatic N) is 1. The molecule has 3 N–H and O–H groups in total. The van der Waals surface area contributed by atoms with Gasteiger partial charge in [0, 0.05) is 31.1 Å². The molecule has 1 amide bonds. The highest BCUT2D eigenvalue weighted by molar-refractivity contribution is 5.80. The molecule has 0 spiro atoms. The number of rotatable bonds is 3. The third kappa shape index (κ3) is 3.59. The molecule has 21 heavy (non-hydrogen) atoms. The number of hydrogen-bond donors (Lipinski definition) is 2. The Balaban J connectivity index is 1.91. The lowest BCUT2D eigenvalue weighted by Crippen LogP contribution is -2.54. The zero-order chi connectivity index (χ0) is 15.6. The first kappa shape index (κ1) is 16.8. The lowest BCUT2D eigenvalue weighted by Gasteiger charge is -2.46. The standard InChI is InChI=1S/C17H33N3O/c1-5-20-10-8-13(9-11-20)19-16(21)14-6-7-15(18)12(2)17(14,3)4/h12-15H,5-11,18H2,1-4H3,(H,19,21). The van der Waals surface area contributed by atoms with Gasteiger partial charge < -0.3 is 16.0 Å². The average molecular weight is 295 g/mol. The zero-order valence-corrected chi connectivity index (χ0v) is 14.2. The molecule has 0 radical (unpaired) electrons. The van der Waals surface area contributed by atoms with Crippen molar-refractivity contribution in [3.63, 3.8) is 0 Å². The second-order valence-electron chi connectivity index (χ2n) is 7.62. The number of carbonyl (C=O) groups excluding carboxylic acids is 1. The summed E-state index contributed by atoms with van der Waals surface area (Å²) in [5.41, 5.74) is 6.19. The maximum atomic E-state index is 12.7. The molecule has 0 bridgehead atoms. The molecule has 1 aliphatic carbocycles. The van der Waals surface area contributed by atoms with E-state index in [-0.39, 0.29) is 23.3 Å². The number of nitrogens with two attached hydrogens (primary N) is 1. The summed E-state index contributed by atoms with van der Waals surface area (Å²) in [5.74, 6) is 0.758. The summed E-state index contributed by atoms with van der Waals surface area (Å²) in [4.78, 5) is 15.2. The van der Waals surface area contributed by atoms with Crippen LogP contribution in [-0.4, -0.2) is 42.5 Å². The minimum Gasteiger partial charge on any atom is -0.353 e. The van der Waals surface area contributed by atoms with Crippen LogP contribution in [-0.2, 0) is 4.79 Å². The first-order chi connectivity index (χ1) is 9.86. The Labute approximate surface area is 129 Å². The minimum absolute atomic E-state index is 0.00806. The van der Waals surface area contributed by atoms with Crippen molar-refractivity contribution in [2.45, 2.75) is 65.5 Å². The summed E-state index contributed by atoms with van der Waals surface area (Å²) in [6.45, 7) is 12.2. The fourth-order valence-electron chi connectivity index (χ4n) is 4.01. The van der Waals surface area contributed by atoms with Gasteiger partial charge in [-0.2, -0.15) is 0 Å². The van der Waals surface area contributed by atoms with Crippen molar-refractivity contribution in [2.24, 2.45) is 23.0 Å². The van der Waals surface area contributed by atoms with Gasteiger partial charge in [-0.25, -0.2) is 0 Å². The molecule has 2 aliphatic rings. The topological polar surface area (TPSA) is 58.4 Å². The molecule has 0 aromatic heterocycles. The van der Waals surface area contributed by atoms with E-state index in [0.29, 0.717) is 12.0 Å². The summed E-state index contributed by atoms with van der Waals surface area (Å²) in [5, 5.41) is 3.32. The molecule has 1 saturated carbocycles. The van der Waals surface area contributed by atoms with Gasteiger partial charge in [-0.1, -0.05) is 27.7 Å². The highest BCUT2D eigenvalue weighted by Crippen LogP contribution is 2.44. The Hall–Kier alpha value is -0.610. The molecule has 4 heteroatoms. The molecule has 2 rings (SSSR count). The Bertz CT molecular complexity index is 361. The first-order valence-electron chi connectivity index (χ1n) is 8.64. The second kappa shape index (κ2) is 6.66. The van der Waals surface area contributed by atoms with Crippen LogP contribution in [0.3, 0.4) is 0 Å².